The molecule has 2 heterocycles. The lowest BCUT2D eigenvalue weighted by atomic mass is 10.2. The van der Waals surface area contributed by atoms with E-state index in [0.29, 0.717) is 17.9 Å². The van der Waals surface area contributed by atoms with Gasteiger partial charge in [0.2, 0.25) is 0 Å². The number of aromatic nitrogens is 3. The summed E-state index contributed by atoms with van der Waals surface area (Å²) in [5.74, 6) is 0.570. The lowest BCUT2D eigenvalue weighted by Gasteiger charge is -2.20. The van der Waals surface area contributed by atoms with Gasteiger partial charge in [0.1, 0.15) is 5.75 Å². The fraction of sp³-hybridized carbons (Fsp3) is 0.316. The van der Waals surface area contributed by atoms with E-state index in [1.165, 1.54) is 10.7 Å². The first kappa shape index (κ1) is 19.0. The predicted molar refractivity (Wildman–Crippen MR) is 106 cm³/mol. The van der Waals surface area contributed by atoms with Crippen molar-refractivity contribution in [2.75, 3.05) is 19.1 Å². The zero-order valence-electron chi connectivity index (χ0n) is 15.7. The standard InChI is InChI=1S/C19H22ClN5O2/c1-12(2)22-19(26)16-10-21-18-15(9-17(20)23-25(16)18)24(3)11-13-5-7-14(27-4)8-6-13/h5-10,12H,11H2,1-4H3,(H,22,26). The molecule has 3 rings (SSSR count). The van der Waals surface area contributed by atoms with Crippen LogP contribution in [0.4, 0.5) is 5.69 Å². The monoisotopic (exact) mass is 387 g/mol. The van der Waals surface area contributed by atoms with E-state index in [9.17, 15) is 4.79 Å². The van der Waals surface area contributed by atoms with E-state index in [4.69, 9.17) is 16.3 Å². The number of carbonyl (C=O) groups excluding carboxylic acids is 1. The van der Waals surface area contributed by atoms with Crippen molar-refractivity contribution in [3.05, 3.63) is 52.9 Å². The molecule has 1 aromatic carbocycles. The maximum atomic E-state index is 12.4. The van der Waals surface area contributed by atoms with Crippen LogP contribution in [0.15, 0.2) is 36.5 Å². The van der Waals surface area contributed by atoms with Crippen molar-refractivity contribution in [1.82, 2.24) is 19.9 Å². The normalized spacial score (nSPS) is 11.0. The molecule has 0 saturated carbocycles. The molecule has 0 aliphatic heterocycles. The van der Waals surface area contributed by atoms with Gasteiger partial charge in [0, 0.05) is 25.7 Å². The van der Waals surface area contributed by atoms with Crippen LogP contribution in [0.25, 0.3) is 5.65 Å². The van der Waals surface area contributed by atoms with Gasteiger partial charge in [-0.15, -0.1) is 0 Å². The third-order valence-electron chi connectivity index (χ3n) is 4.06. The number of ether oxygens (including phenoxy) is 1. The molecule has 0 aliphatic carbocycles. The number of nitrogens with zero attached hydrogens (tertiary/aromatic N) is 4. The number of anilines is 1. The van der Waals surface area contributed by atoms with Crippen molar-refractivity contribution in [2.45, 2.75) is 26.4 Å². The summed E-state index contributed by atoms with van der Waals surface area (Å²) in [5.41, 5.74) is 2.81. The number of fused-ring (bicyclic) bond motifs is 1. The fourth-order valence-electron chi connectivity index (χ4n) is 2.79. The molecular formula is C19H22ClN5O2. The number of benzene rings is 1. The number of carbonyl (C=O) groups is 1. The van der Waals surface area contributed by atoms with E-state index in [2.05, 4.69) is 15.4 Å². The van der Waals surface area contributed by atoms with Crippen molar-refractivity contribution in [2.24, 2.45) is 0 Å². The van der Waals surface area contributed by atoms with Crippen molar-refractivity contribution in [3.8, 4) is 5.75 Å². The van der Waals surface area contributed by atoms with Crippen LogP contribution in [0.3, 0.4) is 0 Å². The molecule has 0 atom stereocenters. The average Bonchev–Trinajstić information content (AvgIpc) is 3.04. The van der Waals surface area contributed by atoms with Gasteiger partial charge in [-0.1, -0.05) is 23.7 Å². The number of methoxy groups -OCH3 is 1. The summed E-state index contributed by atoms with van der Waals surface area (Å²) in [6, 6.07) is 9.60. The second-order valence-electron chi connectivity index (χ2n) is 6.56. The van der Waals surface area contributed by atoms with Gasteiger partial charge in [-0.2, -0.15) is 5.10 Å². The number of imidazole rings is 1. The summed E-state index contributed by atoms with van der Waals surface area (Å²) in [7, 11) is 3.58. The van der Waals surface area contributed by atoms with Crippen molar-refractivity contribution in [3.63, 3.8) is 0 Å². The Morgan fingerprint density at radius 3 is 2.67 bits per heavy atom. The second-order valence-corrected chi connectivity index (χ2v) is 6.95. The van der Waals surface area contributed by atoms with Crippen LogP contribution in [0, 0.1) is 0 Å². The average molecular weight is 388 g/mol. The highest BCUT2D eigenvalue weighted by atomic mass is 35.5. The minimum Gasteiger partial charge on any atom is -0.497 e. The van der Waals surface area contributed by atoms with Crippen LogP contribution < -0.4 is 15.0 Å². The van der Waals surface area contributed by atoms with Crippen LogP contribution in [0.1, 0.15) is 29.9 Å². The first-order chi connectivity index (χ1) is 12.9. The van der Waals surface area contributed by atoms with E-state index >= 15 is 0 Å². The molecule has 0 aliphatic rings. The molecular weight excluding hydrogens is 366 g/mol. The van der Waals surface area contributed by atoms with Crippen LogP contribution in [0.5, 0.6) is 5.75 Å². The van der Waals surface area contributed by atoms with Gasteiger partial charge in [0.05, 0.1) is 19.0 Å². The summed E-state index contributed by atoms with van der Waals surface area (Å²) in [6.07, 6.45) is 1.51. The van der Waals surface area contributed by atoms with Gasteiger partial charge in [0.15, 0.2) is 16.5 Å². The van der Waals surface area contributed by atoms with Gasteiger partial charge in [-0.05, 0) is 31.5 Å². The highest BCUT2D eigenvalue weighted by Gasteiger charge is 2.18. The molecule has 0 fully saturated rings. The fourth-order valence-corrected chi connectivity index (χ4v) is 2.96. The van der Waals surface area contributed by atoms with Crippen LogP contribution in [-0.4, -0.2) is 40.7 Å². The highest BCUT2D eigenvalue weighted by molar-refractivity contribution is 6.29. The number of halogens is 1. The number of rotatable bonds is 6. The lowest BCUT2D eigenvalue weighted by Crippen LogP contribution is -2.31. The molecule has 0 radical (unpaired) electrons. The van der Waals surface area contributed by atoms with Crippen LogP contribution >= 0.6 is 11.6 Å². The lowest BCUT2D eigenvalue weighted by molar-refractivity contribution is 0.0936. The number of amides is 1. The second kappa shape index (κ2) is 7.84. The Balaban J connectivity index is 1.93. The zero-order chi connectivity index (χ0) is 19.6. The molecule has 7 nitrogen and oxygen atoms in total. The molecule has 27 heavy (non-hydrogen) atoms. The molecule has 0 bridgehead atoms. The molecule has 2 aromatic heterocycles. The molecule has 8 heteroatoms. The Bertz CT molecular complexity index is 953. The number of hydrogen-bond acceptors (Lipinski definition) is 5. The Morgan fingerprint density at radius 2 is 2.04 bits per heavy atom. The number of nitrogens with one attached hydrogen (secondary N) is 1. The van der Waals surface area contributed by atoms with Gasteiger partial charge < -0.3 is 15.0 Å². The molecule has 1 amide bonds. The smallest absolute Gasteiger partial charge is 0.271 e. The van der Waals surface area contributed by atoms with E-state index in [-0.39, 0.29) is 17.1 Å². The molecule has 142 valence electrons. The summed E-state index contributed by atoms with van der Waals surface area (Å²) in [5, 5.41) is 7.39. The first-order valence-electron chi connectivity index (χ1n) is 8.58. The minimum atomic E-state index is -0.240. The molecule has 0 saturated heterocycles. The summed E-state index contributed by atoms with van der Waals surface area (Å²) in [4.78, 5) is 18.8. The predicted octanol–water partition coefficient (Wildman–Crippen LogP) is 3.17. The van der Waals surface area contributed by atoms with Gasteiger partial charge >= 0.3 is 0 Å². The Hall–Kier alpha value is -2.80. The third-order valence-corrected chi connectivity index (χ3v) is 4.25. The molecule has 1 N–H and O–H groups in total. The molecule has 0 unspecified atom stereocenters. The maximum absolute atomic E-state index is 12.4. The Morgan fingerprint density at radius 1 is 1.33 bits per heavy atom. The summed E-state index contributed by atoms with van der Waals surface area (Å²) >= 11 is 6.22. The summed E-state index contributed by atoms with van der Waals surface area (Å²) < 4.78 is 6.68. The van der Waals surface area contributed by atoms with Gasteiger partial charge in [0.25, 0.3) is 5.91 Å². The minimum absolute atomic E-state index is 0.0134. The topological polar surface area (TPSA) is 71.8 Å². The first-order valence-corrected chi connectivity index (χ1v) is 8.96. The number of hydrogen-bond donors (Lipinski definition) is 1. The van der Waals surface area contributed by atoms with Crippen molar-refractivity contribution in [1.29, 1.82) is 0 Å². The largest absolute Gasteiger partial charge is 0.497 e. The van der Waals surface area contributed by atoms with Crippen LogP contribution in [-0.2, 0) is 6.54 Å². The van der Waals surface area contributed by atoms with E-state index in [0.717, 1.165) is 17.0 Å². The zero-order valence-corrected chi connectivity index (χ0v) is 16.5. The Kier molecular flexibility index (Phi) is 5.51. The van der Waals surface area contributed by atoms with Crippen molar-refractivity contribution >= 4 is 28.8 Å². The van der Waals surface area contributed by atoms with E-state index in [1.807, 2.05) is 50.1 Å². The van der Waals surface area contributed by atoms with Gasteiger partial charge in [-0.3, -0.25) is 4.79 Å². The highest BCUT2D eigenvalue weighted by Crippen LogP contribution is 2.25. The van der Waals surface area contributed by atoms with Gasteiger partial charge in [-0.25, -0.2) is 9.50 Å². The SMILES string of the molecule is COc1ccc(CN(C)c2cc(Cl)nn3c(C(=O)NC(C)C)cnc23)cc1. The van der Waals surface area contributed by atoms with E-state index < -0.39 is 0 Å². The maximum Gasteiger partial charge on any atom is 0.271 e. The molecule has 3 aromatic rings. The van der Waals surface area contributed by atoms with E-state index in [1.54, 1.807) is 13.2 Å². The quantitative estimate of drug-likeness (QED) is 0.703. The summed E-state index contributed by atoms with van der Waals surface area (Å²) in [6.45, 7) is 4.44. The Labute approximate surface area is 162 Å². The van der Waals surface area contributed by atoms with Crippen LogP contribution in [0.2, 0.25) is 5.15 Å². The third kappa shape index (κ3) is 4.14. The molecule has 0 spiro atoms. The van der Waals surface area contributed by atoms with Crippen molar-refractivity contribution < 1.29 is 9.53 Å².